The summed E-state index contributed by atoms with van der Waals surface area (Å²) in [5.41, 5.74) is 2.24. The second kappa shape index (κ2) is 10.4. The molecule has 0 radical (unpaired) electrons. The molecule has 29 heavy (non-hydrogen) atoms. The Kier molecular flexibility index (Phi) is 8.20. The van der Waals surface area contributed by atoms with Crippen molar-refractivity contribution in [3.05, 3.63) is 29.6 Å². The van der Waals surface area contributed by atoms with Crippen molar-refractivity contribution in [3.8, 4) is 0 Å². The van der Waals surface area contributed by atoms with Gasteiger partial charge in [0.05, 0.1) is 11.3 Å². The van der Waals surface area contributed by atoms with E-state index >= 15 is 0 Å². The highest BCUT2D eigenvalue weighted by Crippen LogP contribution is 2.25. The topological polar surface area (TPSA) is 61.2 Å². The Morgan fingerprint density at radius 2 is 1.79 bits per heavy atom. The molecule has 0 aromatic carbocycles. The van der Waals surface area contributed by atoms with Crippen LogP contribution in [0.25, 0.3) is 5.65 Å². The molecule has 0 aliphatic rings. The van der Waals surface area contributed by atoms with E-state index in [0.29, 0.717) is 25.2 Å². The third-order valence-electron chi connectivity index (χ3n) is 5.10. The standard InChI is InChI=1S/C22H35N5O2/c1-7-10-13-26(17(4)28)21-19(8-2)23-20-12-11-18(16-27(20)21)22(29)25(9-3)15-14-24(5)6/h11-12,16H,7-10,13-15H2,1-6H3. The quantitative estimate of drug-likeness (QED) is 0.614. The Morgan fingerprint density at radius 1 is 1.07 bits per heavy atom. The molecule has 2 aromatic rings. The second-order valence-electron chi connectivity index (χ2n) is 7.59. The van der Waals surface area contributed by atoms with Crippen molar-refractivity contribution in [1.29, 1.82) is 0 Å². The third kappa shape index (κ3) is 5.35. The first-order valence-corrected chi connectivity index (χ1v) is 10.6. The second-order valence-corrected chi connectivity index (χ2v) is 7.59. The van der Waals surface area contributed by atoms with E-state index in [4.69, 9.17) is 4.98 Å². The number of pyridine rings is 1. The summed E-state index contributed by atoms with van der Waals surface area (Å²) in [6, 6.07) is 3.70. The Bertz CT molecular complexity index is 843. The number of hydrogen-bond acceptors (Lipinski definition) is 4. The van der Waals surface area contributed by atoms with E-state index in [-0.39, 0.29) is 11.8 Å². The fourth-order valence-electron chi connectivity index (χ4n) is 3.37. The first kappa shape index (κ1) is 22.9. The minimum absolute atomic E-state index is 0.00289. The van der Waals surface area contributed by atoms with Gasteiger partial charge >= 0.3 is 0 Å². The van der Waals surface area contributed by atoms with Gasteiger partial charge in [0.2, 0.25) is 5.91 Å². The molecule has 2 amide bonds. The van der Waals surface area contributed by atoms with E-state index in [9.17, 15) is 9.59 Å². The zero-order chi connectivity index (χ0) is 21.6. The van der Waals surface area contributed by atoms with E-state index in [1.54, 1.807) is 11.8 Å². The molecule has 0 spiro atoms. The number of unbranched alkanes of at least 4 members (excludes halogenated alkanes) is 1. The monoisotopic (exact) mass is 401 g/mol. The molecule has 0 saturated carbocycles. The Balaban J connectivity index is 2.48. The van der Waals surface area contributed by atoms with Gasteiger partial charge in [-0.05, 0) is 46.0 Å². The largest absolute Gasteiger partial charge is 0.338 e. The zero-order valence-electron chi connectivity index (χ0n) is 18.7. The molecule has 0 aliphatic carbocycles. The Labute approximate surface area is 174 Å². The van der Waals surface area contributed by atoms with Gasteiger partial charge < -0.3 is 9.80 Å². The SMILES string of the molecule is CCCCN(C(C)=O)c1c(CC)nc2ccc(C(=O)N(CC)CCN(C)C)cn12. The molecule has 2 aromatic heterocycles. The summed E-state index contributed by atoms with van der Waals surface area (Å²) >= 11 is 0. The molecule has 0 bridgehead atoms. The van der Waals surface area contributed by atoms with Crippen molar-refractivity contribution in [3.63, 3.8) is 0 Å². The van der Waals surface area contributed by atoms with Gasteiger partial charge in [0.1, 0.15) is 11.5 Å². The fourth-order valence-corrected chi connectivity index (χ4v) is 3.37. The van der Waals surface area contributed by atoms with E-state index in [2.05, 4.69) is 11.8 Å². The molecule has 7 heteroatoms. The molecule has 0 fully saturated rings. The van der Waals surface area contributed by atoms with Crippen LogP contribution in [0.3, 0.4) is 0 Å². The summed E-state index contributed by atoms with van der Waals surface area (Å²) in [5.74, 6) is 0.777. The average Bonchev–Trinajstić information content (AvgIpc) is 3.05. The van der Waals surface area contributed by atoms with Crippen LogP contribution in [-0.2, 0) is 11.2 Å². The first-order chi connectivity index (χ1) is 13.8. The van der Waals surface area contributed by atoms with Crippen LogP contribution in [-0.4, -0.2) is 71.3 Å². The zero-order valence-corrected chi connectivity index (χ0v) is 18.7. The summed E-state index contributed by atoms with van der Waals surface area (Å²) in [7, 11) is 4.00. The molecule has 2 rings (SSSR count). The highest BCUT2D eigenvalue weighted by Gasteiger charge is 2.22. The minimum atomic E-state index is -0.00662. The maximum atomic E-state index is 13.1. The van der Waals surface area contributed by atoms with Crippen molar-refractivity contribution in [1.82, 2.24) is 19.2 Å². The van der Waals surface area contributed by atoms with Crippen LogP contribution in [0.2, 0.25) is 0 Å². The number of nitrogens with zero attached hydrogens (tertiary/aromatic N) is 5. The Hall–Kier alpha value is -2.41. The number of anilines is 1. The summed E-state index contributed by atoms with van der Waals surface area (Å²) in [6.45, 7) is 10.5. The third-order valence-corrected chi connectivity index (χ3v) is 5.10. The predicted octanol–water partition coefficient (Wildman–Crippen LogP) is 3.07. The lowest BCUT2D eigenvalue weighted by atomic mass is 10.2. The molecule has 0 saturated heterocycles. The lowest BCUT2D eigenvalue weighted by molar-refractivity contribution is -0.116. The van der Waals surface area contributed by atoms with E-state index in [0.717, 1.165) is 43.0 Å². The molecule has 0 unspecified atom stereocenters. The van der Waals surface area contributed by atoms with E-state index in [1.165, 1.54) is 0 Å². The number of fused-ring (bicyclic) bond motifs is 1. The first-order valence-electron chi connectivity index (χ1n) is 10.6. The van der Waals surface area contributed by atoms with Gasteiger partial charge in [0.15, 0.2) is 0 Å². The molecular formula is C22H35N5O2. The molecular weight excluding hydrogens is 366 g/mol. The van der Waals surface area contributed by atoms with Crippen molar-refractivity contribution in [2.45, 2.75) is 47.0 Å². The smallest absolute Gasteiger partial charge is 0.255 e. The fraction of sp³-hybridized carbons (Fsp3) is 0.591. The summed E-state index contributed by atoms with van der Waals surface area (Å²) in [4.78, 5) is 35.9. The molecule has 160 valence electrons. The van der Waals surface area contributed by atoms with E-state index in [1.807, 2.05) is 55.6 Å². The molecule has 7 nitrogen and oxygen atoms in total. The summed E-state index contributed by atoms with van der Waals surface area (Å²) < 4.78 is 1.91. The van der Waals surface area contributed by atoms with Crippen molar-refractivity contribution in [2.24, 2.45) is 0 Å². The van der Waals surface area contributed by atoms with Gasteiger partial charge in [-0.15, -0.1) is 0 Å². The predicted molar refractivity (Wildman–Crippen MR) is 118 cm³/mol. The number of amides is 2. The van der Waals surface area contributed by atoms with Crippen LogP contribution < -0.4 is 4.90 Å². The molecule has 0 aliphatic heterocycles. The lowest BCUT2D eigenvalue weighted by Gasteiger charge is -2.24. The lowest BCUT2D eigenvalue weighted by Crippen LogP contribution is -2.36. The summed E-state index contributed by atoms with van der Waals surface area (Å²) in [5, 5.41) is 0. The van der Waals surface area contributed by atoms with E-state index < -0.39 is 0 Å². The Morgan fingerprint density at radius 3 is 2.34 bits per heavy atom. The van der Waals surface area contributed by atoms with Crippen molar-refractivity contribution >= 4 is 23.3 Å². The van der Waals surface area contributed by atoms with Crippen LogP contribution in [0, 0.1) is 0 Å². The molecule has 0 atom stereocenters. The van der Waals surface area contributed by atoms with Crippen LogP contribution in [0.1, 0.15) is 56.6 Å². The highest BCUT2D eigenvalue weighted by atomic mass is 16.2. The van der Waals surface area contributed by atoms with Crippen molar-refractivity contribution < 1.29 is 9.59 Å². The van der Waals surface area contributed by atoms with Gasteiger partial charge in [-0.25, -0.2) is 4.98 Å². The van der Waals surface area contributed by atoms with Crippen LogP contribution in [0.4, 0.5) is 5.82 Å². The highest BCUT2D eigenvalue weighted by molar-refractivity contribution is 5.95. The van der Waals surface area contributed by atoms with Gasteiger partial charge in [-0.3, -0.25) is 18.9 Å². The number of carbonyl (C=O) groups is 2. The van der Waals surface area contributed by atoms with Crippen LogP contribution >= 0.6 is 0 Å². The number of aromatic nitrogens is 2. The molecule has 0 N–H and O–H groups in total. The number of rotatable bonds is 10. The van der Waals surface area contributed by atoms with Crippen LogP contribution in [0.15, 0.2) is 18.3 Å². The average molecular weight is 402 g/mol. The summed E-state index contributed by atoms with van der Waals surface area (Å²) in [6.07, 6.45) is 4.48. The van der Waals surface area contributed by atoms with Gasteiger partial charge in [0.25, 0.3) is 5.91 Å². The number of carbonyl (C=O) groups excluding carboxylic acids is 2. The van der Waals surface area contributed by atoms with Gasteiger partial charge in [0, 0.05) is 39.3 Å². The van der Waals surface area contributed by atoms with Crippen LogP contribution in [0.5, 0.6) is 0 Å². The number of hydrogen-bond donors (Lipinski definition) is 0. The maximum Gasteiger partial charge on any atom is 0.255 e. The maximum absolute atomic E-state index is 13.1. The minimum Gasteiger partial charge on any atom is -0.338 e. The normalized spacial score (nSPS) is 11.3. The van der Waals surface area contributed by atoms with Gasteiger partial charge in [-0.1, -0.05) is 20.3 Å². The number of imidazole rings is 1. The molecule has 2 heterocycles. The number of aryl methyl sites for hydroxylation is 1. The van der Waals surface area contributed by atoms with Crippen molar-refractivity contribution in [2.75, 3.05) is 45.2 Å². The number of likely N-dealkylation sites (N-methyl/N-ethyl adjacent to an activating group) is 2. The van der Waals surface area contributed by atoms with Gasteiger partial charge in [-0.2, -0.15) is 0 Å².